The number of hydrogen-bond acceptors (Lipinski definition) is 6. The molecule has 1 fully saturated rings. The first-order valence-electron chi connectivity index (χ1n) is 8.60. The Morgan fingerprint density at radius 1 is 1.31 bits per heavy atom. The van der Waals surface area contributed by atoms with Gasteiger partial charge in [0.15, 0.2) is 0 Å². The molecule has 7 heteroatoms. The number of nitrogens with zero attached hydrogens (tertiary/aromatic N) is 2. The zero-order valence-electron chi connectivity index (χ0n) is 14.2. The Morgan fingerprint density at radius 2 is 2.19 bits per heavy atom. The van der Waals surface area contributed by atoms with Crippen LogP contribution < -0.4 is 5.32 Å². The lowest BCUT2D eigenvalue weighted by Crippen LogP contribution is -2.32. The Labute approximate surface area is 160 Å². The van der Waals surface area contributed by atoms with Gasteiger partial charge in [-0.3, -0.25) is 4.79 Å². The van der Waals surface area contributed by atoms with Crippen LogP contribution in [0.2, 0.25) is 0 Å². The van der Waals surface area contributed by atoms with Crippen LogP contribution in [0.4, 0.5) is 0 Å². The molecule has 2 aromatic heterocycles. The van der Waals surface area contributed by atoms with Crippen molar-refractivity contribution < 1.29 is 9.53 Å². The van der Waals surface area contributed by atoms with E-state index in [4.69, 9.17) is 4.74 Å². The molecule has 1 N–H and O–H groups in total. The van der Waals surface area contributed by atoms with Gasteiger partial charge in [-0.2, -0.15) is 0 Å². The van der Waals surface area contributed by atoms with E-state index in [1.165, 1.54) is 17.3 Å². The highest BCUT2D eigenvalue weighted by Gasteiger charge is 2.17. The van der Waals surface area contributed by atoms with Crippen molar-refractivity contribution in [1.82, 2.24) is 15.3 Å². The monoisotopic (exact) mass is 385 g/mol. The standard InChI is InChI=1S/C19H19N3O2S2/c23-17(20-10-14-7-4-8-24-14)11-25-18-15-9-16(13-5-2-1-3-6-13)26-19(15)22-12-21-18/h1-3,5-6,9,12,14H,4,7-8,10-11H2,(H,20,23). The van der Waals surface area contributed by atoms with Crippen LogP contribution in [-0.2, 0) is 9.53 Å². The molecule has 3 aromatic rings. The number of ether oxygens (including phenoxy) is 1. The average Bonchev–Trinajstić information content (AvgIpc) is 3.35. The minimum absolute atomic E-state index is 0.00998. The second kappa shape index (κ2) is 8.16. The lowest BCUT2D eigenvalue weighted by molar-refractivity contribution is -0.119. The number of aromatic nitrogens is 2. The van der Waals surface area contributed by atoms with Crippen LogP contribution in [0.5, 0.6) is 0 Å². The van der Waals surface area contributed by atoms with E-state index in [1.54, 1.807) is 17.7 Å². The third-order valence-corrected chi connectivity index (χ3v) is 6.34. The van der Waals surface area contributed by atoms with Gasteiger partial charge < -0.3 is 10.1 Å². The molecule has 1 aromatic carbocycles. The number of benzene rings is 1. The molecule has 5 nitrogen and oxygen atoms in total. The van der Waals surface area contributed by atoms with Crippen LogP contribution in [0.15, 0.2) is 47.8 Å². The molecule has 0 aliphatic carbocycles. The van der Waals surface area contributed by atoms with E-state index in [-0.39, 0.29) is 12.0 Å². The van der Waals surface area contributed by atoms with E-state index >= 15 is 0 Å². The van der Waals surface area contributed by atoms with Gasteiger partial charge in [0, 0.05) is 23.4 Å². The zero-order valence-corrected chi connectivity index (χ0v) is 15.8. The summed E-state index contributed by atoms with van der Waals surface area (Å²) < 4.78 is 5.53. The highest BCUT2D eigenvalue weighted by molar-refractivity contribution is 8.00. The Morgan fingerprint density at radius 3 is 3.00 bits per heavy atom. The second-order valence-electron chi connectivity index (χ2n) is 6.10. The van der Waals surface area contributed by atoms with Crippen molar-refractivity contribution in [3.63, 3.8) is 0 Å². The van der Waals surface area contributed by atoms with Gasteiger partial charge in [-0.25, -0.2) is 9.97 Å². The first-order chi connectivity index (χ1) is 12.8. The largest absolute Gasteiger partial charge is 0.376 e. The molecular formula is C19H19N3O2S2. The van der Waals surface area contributed by atoms with Crippen molar-refractivity contribution in [3.05, 3.63) is 42.7 Å². The van der Waals surface area contributed by atoms with Gasteiger partial charge >= 0.3 is 0 Å². The smallest absolute Gasteiger partial charge is 0.230 e. The topological polar surface area (TPSA) is 64.1 Å². The molecule has 26 heavy (non-hydrogen) atoms. The number of amides is 1. The normalized spacial score (nSPS) is 16.8. The first kappa shape index (κ1) is 17.5. The summed E-state index contributed by atoms with van der Waals surface area (Å²) >= 11 is 3.10. The molecule has 1 aliphatic rings. The minimum Gasteiger partial charge on any atom is -0.376 e. The quantitative estimate of drug-likeness (QED) is 0.517. The summed E-state index contributed by atoms with van der Waals surface area (Å²) in [6, 6.07) is 12.3. The van der Waals surface area contributed by atoms with Crippen LogP contribution in [0, 0.1) is 0 Å². The van der Waals surface area contributed by atoms with E-state index in [2.05, 4.69) is 33.5 Å². The number of thioether (sulfide) groups is 1. The number of rotatable bonds is 6. The predicted molar refractivity (Wildman–Crippen MR) is 106 cm³/mol. The summed E-state index contributed by atoms with van der Waals surface area (Å²) in [7, 11) is 0. The third-order valence-electron chi connectivity index (χ3n) is 4.24. The van der Waals surface area contributed by atoms with Gasteiger partial charge in [0.1, 0.15) is 16.2 Å². The van der Waals surface area contributed by atoms with Crippen molar-refractivity contribution in [3.8, 4) is 10.4 Å². The average molecular weight is 386 g/mol. The Kier molecular flexibility index (Phi) is 5.48. The molecular weight excluding hydrogens is 366 g/mol. The Hall–Kier alpha value is -1.96. The summed E-state index contributed by atoms with van der Waals surface area (Å²) in [6.45, 7) is 1.39. The van der Waals surface area contributed by atoms with Crippen LogP contribution in [0.1, 0.15) is 12.8 Å². The molecule has 0 bridgehead atoms. The highest BCUT2D eigenvalue weighted by atomic mass is 32.2. The number of carbonyl (C=O) groups is 1. The third kappa shape index (κ3) is 4.06. The van der Waals surface area contributed by atoms with Gasteiger partial charge in [-0.05, 0) is 24.5 Å². The van der Waals surface area contributed by atoms with Gasteiger partial charge in [0.2, 0.25) is 5.91 Å². The van der Waals surface area contributed by atoms with Crippen molar-refractivity contribution in [2.75, 3.05) is 18.9 Å². The van der Waals surface area contributed by atoms with Gasteiger partial charge in [0.25, 0.3) is 0 Å². The van der Waals surface area contributed by atoms with Gasteiger partial charge in [0.05, 0.1) is 11.9 Å². The number of thiophene rings is 1. The summed E-state index contributed by atoms with van der Waals surface area (Å²) in [5.74, 6) is 0.353. The zero-order chi connectivity index (χ0) is 17.8. The van der Waals surface area contributed by atoms with E-state index in [1.807, 2.05) is 18.2 Å². The van der Waals surface area contributed by atoms with E-state index in [9.17, 15) is 4.79 Å². The first-order valence-corrected chi connectivity index (χ1v) is 10.4. The Bertz CT molecular complexity index is 892. The molecule has 0 saturated carbocycles. The van der Waals surface area contributed by atoms with Crippen molar-refractivity contribution >= 4 is 39.2 Å². The molecule has 0 spiro atoms. The van der Waals surface area contributed by atoms with Gasteiger partial charge in [-0.1, -0.05) is 42.1 Å². The molecule has 4 rings (SSSR count). The lowest BCUT2D eigenvalue weighted by atomic mass is 10.2. The number of fused-ring (bicyclic) bond motifs is 1. The number of nitrogens with one attached hydrogen (secondary N) is 1. The van der Waals surface area contributed by atoms with Crippen molar-refractivity contribution in [2.45, 2.75) is 24.0 Å². The van der Waals surface area contributed by atoms with Crippen LogP contribution in [0.25, 0.3) is 20.7 Å². The van der Waals surface area contributed by atoms with E-state index < -0.39 is 0 Å². The highest BCUT2D eigenvalue weighted by Crippen LogP contribution is 2.35. The SMILES string of the molecule is O=C(CSc1ncnc2sc(-c3ccccc3)cc12)NCC1CCCO1. The molecule has 1 amide bonds. The van der Waals surface area contributed by atoms with E-state index in [0.717, 1.165) is 39.6 Å². The fraction of sp³-hybridized carbons (Fsp3) is 0.316. The fourth-order valence-electron chi connectivity index (χ4n) is 2.91. The molecule has 1 aliphatic heterocycles. The van der Waals surface area contributed by atoms with Crippen LogP contribution in [0.3, 0.4) is 0 Å². The maximum absolute atomic E-state index is 12.1. The van der Waals surface area contributed by atoms with Crippen molar-refractivity contribution in [1.29, 1.82) is 0 Å². The van der Waals surface area contributed by atoms with E-state index in [0.29, 0.717) is 12.3 Å². The summed E-state index contributed by atoms with van der Waals surface area (Å²) in [4.78, 5) is 23.0. The Balaban J connectivity index is 1.43. The second-order valence-corrected chi connectivity index (χ2v) is 8.10. The molecule has 0 radical (unpaired) electrons. The minimum atomic E-state index is 0.00998. The maximum atomic E-state index is 12.1. The summed E-state index contributed by atoms with van der Waals surface area (Å²) in [6.07, 6.45) is 3.84. The van der Waals surface area contributed by atoms with Crippen molar-refractivity contribution in [2.24, 2.45) is 0 Å². The molecule has 134 valence electrons. The molecule has 1 saturated heterocycles. The fourth-order valence-corrected chi connectivity index (χ4v) is 4.78. The lowest BCUT2D eigenvalue weighted by Gasteiger charge is -2.10. The van der Waals surface area contributed by atoms with Gasteiger partial charge in [-0.15, -0.1) is 11.3 Å². The molecule has 3 heterocycles. The summed E-state index contributed by atoms with van der Waals surface area (Å²) in [5.41, 5.74) is 1.17. The van der Waals surface area contributed by atoms with Crippen LogP contribution >= 0.6 is 23.1 Å². The van der Waals surface area contributed by atoms with Crippen LogP contribution in [-0.4, -0.2) is 40.9 Å². The predicted octanol–water partition coefficient (Wildman–Crippen LogP) is 3.75. The maximum Gasteiger partial charge on any atom is 0.230 e. The molecule has 1 unspecified atom stereocenters. The summed E-state index contributed by atoms with van der Waals surface area (Å²) in [5, 5.41) is 4.80. The number of carbonyl (C=O) groups excluding carboxylic acids is 1. The number of hydrogen-bond donors (Lipinski definition) is 1. The molecule has 1 atom stereocenters.